The molecule has 198 valence electrons. The number of ether oxygens (including phenoxy) is 2. The molecule has 0 aliphatic heterocycles. The molecule has 0 amide bonds. The van der Waals surface area contributed by atoms with Crippen molar-refractivity contribution in [2.75, 3.05) is 6.61 Å². The SMILES string of the molecule is CCOC(=O)C(C)(C)Oc1ccc(CCCc2cn(Cc3ccc(C)c(C)c3)c(=O)n2CC2CC2)cc1. The monoisotopic (exact) mass is 504 g/mol. The molecule has 6 heteroatoms. The van der Waals surface area contributed by atoms with Gasteiger partial charge in [-0.15, -0.1) is 0 Å². The molecule has 3 aromatic rings. The Kier molecular flexibility index (Phi) is 8.25. The molecule has 0 spiro atoms. The molecule has 0 radical (unpaired) electrons. The second-order valence-corrected chi connectivity index (χ2v) is 10.8. The average Bonchev–Trinajstić information content (AvgIpc) is 3.64. The standard InChI is InChI=1S/C31H40N2O4/c1-6-36-29(34)31(4,5)37-28-16-14-24(15-17-28)8-7-9-27-21-32(30(35)33(27)20-25-12-13-25)19-26-11-10-22(2)23(3)18-26/h10-11,14-18,21,25H,6-9,12-13,19-20H2,1-5H3. The fourth-order valence-electron chi connectivity index (χ4n) is 4.59. The predicted molar refractivity (Wildman–Crippen MR) is 146 cm³/mol. The molecule has 1 aliphatic rings. The summed E-state index contributed by atoms with van der Waals surface area (Å²) in [5.74, 6) is 0.907. The Balaban J connectivity index is 1.39. The summed E-state index contributed by atoms with van der Waals surface area (Å²) in [6.07, 6.45) is 7.21. The molecule has 0 atom stereocenters. The van der Waals surface area contributed by atoms with Crippen molar-refractivity contribution in [3.8, 4) is 5.75 Å². The Hall–Kier alpha value is -3.28. The zero-order chi connectivity index (χ0) is 26.6. The van der Waals surface area contributed by atoms with Gasteiger partial charge in [0.1, 0.15) is 5.75 Å². The Bertz CT molecular complexity index is 1280. The number of esters is 1. The maximum Gasteiger partial charge on any atom is 0.349 e. The lowest BCUT2D eigenvalue weighted by molar-refractivity contribution is -0.158. The van der Waals surface area contributed by atoms with E-state index in [0.717, 1.165) is 37.1 Å². The molecule has 6 nitrogen and oxygen atoms in total. The Labute approximate surface area is 220 Å². The molecule has 0 N–H and O–H groups in total. The maximum atomic E-state index is 13.3. The minimum Gasteiger partial charge on any atom is -0.476 e. The van der Waals surface area contributed by atoms with Crippen molar-refractivity contribution in [3.05, 3.63) is 87.1 Å². The second kappa shape index (κ2) is 11.4. The highest BCUT2D eigenvalue weighted by Gasteiger charge is 2.31. The van der Waals surface area contributed by atoms with Gasteiger partial charge in [-0.05, 0) is 107 Å². The first kappa shape index (κ1) is 26.8. The van der Waals surface area contributed by atoms with Gasteiger partial charge in [0.15, 0.2) is 5.60 Å². The molecule has 0 bridgehead atoms. The molecule has 1 aliphatic carbocycles. The number of aromatic nitrogens is 2. The van der Waals surface area contributed by atoms with Crippen molar-refractivity contribution in [2.24, 2.45) is 5.92 Å². The number of imidazole rings is 1. The highest BCUT2D eigenvalue weighted by atomic mass is 16.6. The lowest BCUT2D eigenvalue weighted by Gasteiger charge is -2.24. The van der Waals surface area contributed by atoms with E-state index in [2.05, 4.69) is 38.2 Å². The molecule has 1 fully saturated rings. The third kappa shape index (κ3) is 6.94. The third-order valence-corrected chi connectivity index (χ3v) is 7.15. The minimum absolute atomic E-state index is 0.103. The van der Waals surface area contributed by atoms with Gasteiger partial charge in [-0.25, -0.2) is 9.59 Å². The first-order valence-corrected chi connectivity index (χ1v) is 13.5. The van der Waals surface area contributed by atoms with Crippen LogP contribution in [0.25, 0.3) is 0 Å². The molecule has 2 aromatic carbocycles. The van der Waals surface area contributed by atoms with Crippen LogP contribution in [0, 0.1) is 19.8 Å². The summed E-state index contributed by atoms with van der Waals surface area (Å²) in [4.78, 5) is 25.4. The number of hydrogen-bond acceptors (Lipinski definition) is 4. The van der Waals surface area contributed by atoms with Gasteiger partial charge in [-0.1, -0.05) is 30.3 Å². The van der Waals surface area contributed by atoms with Gasteiger partial charge < -0.3 is 9.47 Å². The van der Waals surface area contributed by atoms with Gasteiger partial charge in [0.2, 0.25) is 0 Å². The van der Waals surface area contributed by atoms with Gasteiger partial charge in [-0.2, -0.15) is 0 Å². The first-order valence-electron chi connectivity index (χ1n) is 13.5. The molecule has 37 heavy (non-hydrogen) atoms. The summed E-state index contributed by atoms with van der Waals surface area (Å²) in [6, 6.07) is 14.3. The number of benzene rings is 2. The Morgan fingerprint density at radius 2 is 1.70 bits per heavy atom. The van der Waals surface area contributed by atoms with Gasteiger partial charge in [0.25, 0.3) is 0 Å². The highest BCUT2D eigenvalue weighted by Crippen LogP contribution is 2.30. The second-order valence-electron chi connectivity index (χ2n) is 10.8. The molecular weight excluding hydrogens is 464 g/mol. The quantitative estimate of drug-likeness (QED) is 0.300. The zero-order valence-electron chi connectivity index (χ0n) is 22.9. The van der Waals surface area contributed by atoms with Gasteiger partial charge in [-0.3, -0.25) is 9.13 Å². The highest BCUT2D eigenvalue weighted by molar-refractivity contribution is 5.79. The van der Waals surface area contributed by atoms with E-state index in [0.29, 0.717) is 24.8 Å². The zero-order valence-corrected chi connectivity index (χ0v) is 22.9. The molecule has 1 saturated carbocycles. The fourth-order valence-corrected chi connectivity index (χ4v) is 4.59. The summed E-state index contributed by atoms with van der Waals surface area (Å²) >= 11 is 0. The summed E-state index contributed by atoms with van der Waals surface area (Å²) in [6.45, 7) is 11.2. The number of carbonyl (C=O) groups excluding carboxylic acids is 1. The predicted octanol–water partition coefficient (Wildman–Crippen LogP) is 5.62. The van der Waals surface area contributed by atoms with Crippen LogP contribution in [0.4, 0.5) is 0 Å². The van der Waals surface area contributed by atoms with Gasteiger partial charge in [0, 0.05) is 18.4 Å². The van der Waals surface area contributed by atoms with E-state index < -0.39 is 5.60 Å². The number of carbonyl (C=O) groups is 1. The van der Waals surface area contributed by atoms with Crippen LogP contribution in [0.2, 0.25) is 0 Å². The van der Waals surface area contributed by atoms with E-state index in [1.807, 2.05) is 33.4 Å². The van der Waals surface area contributed by atoms with E-state index in [4.69, 9.17) is 9.47 Å². The van der Waals surface area contributed by atoms with Crippen molar-refractivity contribution >= 4 is 5.97 Å². The van der Waals surface area contributed by atoms with Crippen LogP contribution in [0.15, 0.2) is 53.5 Å². The summed E-state index contributed by atoms with van der Waals surface area (Å²) in [5.41, 5.74) is 5.07. The van der Waals surface area contributed by atoms with Crippen LogP contribution in [0.1, 0.15) is 68.0 Å². The molecule has 1 aromatic heterocycles. The molecule has 1 heterocycles. The number of rotatable bonds is 12. The first-order chi connectivity index (χ1) is 17.7. The molecule has 4 rings (SSSR count). The summed E-state index contributed by atoms with van der Waals surface area (Å²) in [5, 5.41) is 0. The Morgan fingerprint density at radius 1 is 1.00 bits per heavy atom. The smallest absolute Gasteiger partial charge is 0.349 e. The lowest BCUT2D eigenvalue weighted by Crippen LogP contribution is -2.39. The molecule has 0 saturated heterocycles. The van der Waals surface area contributed by atoms with Crippen LogP contribution < -0.4 is 10.4 Å². The van der Waals surface area contributed by atoms with Gasteiger partial charge in [0.05, 0.1) is 13.2 Å². The number of aryl methyl sites for hydroxylation is 4. The lowest BCUT2D eigenvalue weighted by atomic mass is 10.1. The van der Waals surface area contributed by atoms with Crippen molar-refractivity contribution in [2.45, 2.75) is 85.4 Å². The largest absolute Gasteiger partial charge is 0.476 e. The van der Waals surface area contributed by atoms with Crippen LogP contribution in [0.5, 0.6) is 5.75 Å². The minimum atomic E-state index is -1.03. The Morgan fingerprint density at radius 3 is 2.35 bits per heavy atom. The molecular formula is C31H40N2O4. The van der Waals surface area contributed by atoms with E-state index in [9.17, 15) is 9.59 Å². The van der Waals surface area contributed by atoms with Crippen molar-refractivity contribution in [3.63, 3.8) is 0 Å². The van der Waals surface area contributed by atoms with Crippen molar-refractivity contribution in [1.82, 2.24) is 9.13 Å². The van der Waals surface area contributed by atoms with Crippen LogP contribution >= 0.6 is 0 Å². The van der Waals surface area contributed by atoms with E-state index in [-0.39, 0.29) is 11.7 Å². The van der Waals surface area contributed by atoms with Crippen LogP contribution in [0.3, 0.4) is 0 Å². The van der Waals surface area contributed by atoms with Crippen LogP contribution in [-0.4, -0.2) is 27.3 Å². The average molecular weight is 505 g/mol. The normalized spacial score (nSPS) is 13.5. The number of hydrogen-bond donors (Lipinski definition) is 0. The van der Waals surface area contributed by atoms with E-state index in [1.54, 1.807) is 20.8 Å². The number of nitrogens with zero attached hydrogens (tertiary/aromatic N) is 2. The van der Waals surface area contributed by atoms with Crippen LogP contribution in [-0.2, 0) is 35.5 Å². The van der Waals surface area contributed by atoms with Crippen molar-refractivity contribution in [1.29, 1.82) is 0 Å². The van der Waals surface area contributed by atoms with E-state index >= 15 is 0 Å². The maximum absolute atomic E-state index is 13.3. The van der Waals surface area contributed by atoms with Gasteiger partial charge >= 0.3 is 11.7 Å². The van der Waals surface area contributed by atoms with E-state index in [1.165, 1.54) is 29.5 Å². The topological polar surface area (TPSA) is 62.5 Å². The summed E-state index contributed by atoms with van der Waals surface area (Å²) in [7, 11) is 0. The fraction of sp³-hybridized carbons (Fsp3) is 0.484. The molecule has 0 unspecified atom stereocenters. The summed E-state index contributed by atoms with van der Waals surface area (Å²) < 4.78 is 14.8. The van der Waals surface area contributed by atoms with Crippen molar-refractivity contribution < 1.29 is 14.3 Å². The third-order valence-electron chi connectivity index (χ3n) is 7.15.